The van der Waals surface area contributed by atoms with Gasteiger partial charge in [-0.05, 0) is 54.4 Å². The number of carbonyl (C=O) groups is 2. The molecule has 0 aliphatic rings. The number of carbonyl (C=O) groups excluding carboxylic acids is 2. The van der Waals surface area contributed by atoms with E-state index in [-0.39, 0.29) is 29.8 Å². The van der Waals surface area contributed by atoms with Crippen LogP contribution in [0.5, 0.6) is 5.75 Å². The Bertz CT molecular complexity index is 1130. The molecule has 1 atom stereocenters. The van der Waals surface area contributed by atoms with Crippen molar-refractivity contribution < 1.29 is 19.2 Å². The van der Waals surface area contributed by atoms with Crippen molar-refractivity contribution in [1.29, 1.82) is 0 Å². The van der Waals surface area contributed by atoms with E-state index in [1.54, 1.807) is 24.3 Å². The molecule has 0 heterocycles. The minimum absolute atomic E-state index is 0.0967. The van der Waals surface area contributed by atoms with Gasteiger partial charge in [-0.2, -0.15) is 5.10 Å². The van der Waals surface area contributed by atoms with Gasteiger partial charge in [0.2, 0.25) is 0 Å². The first-order valence-electron chi connectivity index (χ1n) is 10.1. The number of rotatable bonds is 9. The Morgan fingerprint density at radius 1 is 1.03 bits per heavy atom. The summed E-state index contributed by atoms with van der Waals surface area (Å²) in [7, 11) is 0. The number of benzene rings is 3. The fourth-order valence-corrected chi connectivity index (χ4v) is 2.87. The van der Waals surface area contributed by atoms with Gasteiger partial charge in [0.15, 0.2) is 6.61 Å². The molecular formula is C24H22N4O5. The lowest BCUT2D eigenvalue weighted by Gasteiger charge is -2.14. The van der Waals surface area contributed by atoms with E-state index in [0.29, 0.717) is 11.3 Å². The van der Waals surface area contributed by atoms with E-state index in [1.165, 1.54) is 30.5 Å². The molecule has 0 aliphatic carbocycles. The van der Waals surface area contributed by atoms with Crippen LogP contribution in [-0.2, 0) is 4.79 Å². The van der Waals surface area contributed by atoms with Gasteiger partial charge in [0, 0.05) is 17.7 Å². The standard InChI is InChI=1S/C24H22N4O5/c1-17(19-5-3-2-4-6-19)26-23(29)16-33-22-13-7-18(8-14-22)15-25-27-24(30)20-9-11-21(12-10-20)28(31)32/h2-15,17H,16H2,1H3,(H,26,29)(H,27,30)/b25-15-/t17-/m1/s1. The molecule has 0 spiro atoms. The molecule has 33 heavy (non-hydrogen) atoms. The van der Waals surface area contributed by atoms with Crippen LogP contribution in [0.1, 0.15) is 34.5 Å². The van der Waals surface area contributed by atoms with Gasteiger partial charge < -0.3 is 10.1 Å². The Kier molecular flexibility index (Phi) is 7.85. The molecule has 0 bridgehead atoms. The summed E-state index contributed by atoms with van der Waals surface area (Å²) in [5, 5.41) is 17.4. The molecule has 0 saturated carbocycles. The maximum atomic E-state index is 12.1. The molecule has 2 amide bonds. The first-order valence-corrected chi connectivity index (χ1v) is 10.1. The summed E-state index contributed by atoms with van der Waals surface area (Å²) in [4.78, 5) is 34.3. The average Bonchev–Trinajstić information content (AvgIpc) is 2.84. The van der Waals surface area contributed by atoms with Crippen LogP contribution < -0.4 is 15.5 Å². The van der Waals surface area contributed by atoms with Crippen LogP contribution in [0.2, 0.25) is 0 Å². The molecule has 0 aliphatic heterocycles. The smallest absolute Gasteiger partial charge is 0.271 e. The highest BCUT2D eigenvalue weighted by molar-refractivity contribution is 5.95. The van der Waals surface area contributed by atoms with E-state index in [1.807, 2.05) is 37.3 Å². The minimum Gasteiger partial charge on any atom is -0.484 e. The maximum Gasteiger partial charge on any atom is 0.271 e. The van der Waals surface area contributed by atoms with Crippen LogP contribution in [0.3, 0.4) is 0 Å². The van der Waals surface area contributed by atoms with Crippen molar-refractivity contribution in [3.05, 3.63) is 106 Å². The largest absolute Gasteiger partial charge is 0.484 e. The van der Waals surface area contributed by atoms with Gasteiger partial charge in [0.1, 0.15) is 5.75 Å². The van der Waals surface area contributed by atoms with Gasteiger partial charge in [-0.3, -0.25) is 19.7 Å². The fraction of sp³-hybridized carbons (Fsp3) is 0.125. The van der Waals surface area contributed by atoms with Crippen molar-refractivity contribution in [1.82, 2.24) is 10.7 Å². The number of amides is 2. The van der Waals surface area contributed by atoms with E-state index < -0.39 is 10.8 Å². The summed E-state index contributed by atoms with van der Waals surface area (Å²) in [6, 6.07) is 21.5. The lowest BCUT2D eigenvalue weighted by atomic mass is 10.1. The molecule has 168 valence electrons. The number of non-ortho nitro benzene ring substituents is 1. The number of hydrogen-bond donors (Lipinski definition) is 2. The molecule has 3 aromatic rings. The van der Waals surface area contributed by atoms with Gasteiger partial charge >= 0.3 is 0 Å². The lowest BCUT2D eigenvalue weighted by molar-refractivity contribution is -0.384. The number of nitro groups is 1. The average molecular weight is 446 g/mol. The molecular weight excluding hydrogens is 424 g/mol. The monoisotopic (exact) mass is 446 g/mol. The van der Waals surface area contributed by atoms with Crippen molar-refractivity contribution in [2.75, 3.05) is 6.61 Å². The van der Waals surface area contributed by atoms with Crippen molar-refractivity contribution in [2.45, 2.75) is 13.0 Å². The summed E-state index contributed by atoms with van der Waals surface area (Å²) in [6.07, 6.45) is 1.45. The molecule has 2 N–H and O–H groups in total. The highest BCUT2D eigenvalue weighted by Crippen LogP contribution is 2.14. The molecule has 0 radical (unpaired) electrons. The van der Waals surface area contributed by atoms with Crippen molar-refractivity contribution in [3.8, 4) is 5.75 Å². The third-order valence-corrected chi connectivity index (χ3v) is 4.65. The van der Waals surface area contributed by atoms with Crippen LogP contribution in [0, 0.1) is 10.1 Å². The zero-order chi connectivity index (χ0) is 23.6. The second-order valence-electron chi connectivity index (χ2n) is 7.06. The number of nitro benzene ring substituents is 1. The highest BCUT2D eigenvalue weighted by Gasteiger charge is 2.10. The molecule has 9 heteroatoms. The van der Waals surface area contributed by atoms with E-state index in [4.69, 9.17) is 4.74 Å². The Hall–Kier alpha value is -4.53. The molecule has 3 aromatic carbocycles. The summed E-state index contributed by atoms with van der Waals surface area (Å²) in [5.41, 5.74) is 4.23. The van der Waals surface area contributed by atoms with Crippen LogP contribution in [-0.4, -0.2) is 29.6 Å². The predicted octanol–water partition coefficient (Wildman–Crippen LogP) is 3.61. The van der Waals surface area contributed by atoms with E-state index >= 15 is 0 Å². The molecule has 0 aromatic heterocycles. The Balaban J connectivity index is 1.44. The number of hydrazone groups is 1. The zero-order valence-electron chi connectivity index (χ0n) is 17.8. The van der Waals surface area contributed by atoms with Gasteiger partial charge in [-0.25, -0.2) is 5.43 Å². The van der Waals surface area contributed by atoms with Crippen molar-refractivity contribution in [3.63, 3.8) is 0 Å². The van der Waals surface area contributed by atoms with Gasteiger partial charge in [0.25, 0.3) is 17.5 Å². The van der Waals surface area contributed by atoms with Gasteiger partial charge in [0.05, 0.1) is 17.2 Å². The topological polar surface area (TPSA) is 123 Å². The van der Waals surface area contributed by atoms with Gasteiger partial charge in [-0.15, -0.1) is 0 Å². The van der Waals surface area contributed by atoms with Crippen molar-refractivity contribution in [2.24, 2.45) is 5.10 Å². The molecule has 0 fully saturated rings. The van der Waals surface area contributed by atoms with E-state index in [0.717, 1.165) is 5.56 Å². The molecule has 0 unspecified atom stereocenters. The Labute approximate surface area is 190 Å². The first-order chi connectivity index (χ1) is 15.9. The Morgan fingerprint density at radius 2 is 1.70 bits per heavy atom. The minimum atomic E-state index is -0.537. The second-order valence-corrected chi connectivity index (χ2v) is 7.06. The summed E-state index contributed by atoms with van der Waals surface area (Å²) in [5.74, 6) is -0.202. The SMILES string of the molecule is C[C@@H](NC(=O)COc1ccc(/C=N\NC(=O)c2ccc([N+](=O)[O-])cc2)cc1)c1ccccc1. The molecule has 3 rings (SSSR count). The summed E-state index contributed by atoms with van der Waals surface area (Å²) in [6.45, 7) is 1.79. The predicted molar refractivity (Wildman–Crippen MR) is 123 cm³/mol. The highest BCUT2D eigenvalue weighted by atomic mass is 16.6. The van der Waals surface area contributed by atoms with E-state index in [9.17, 15) is 19.7 Å². The third-order valence-electron chi connectivity index (χ3n) is 4.65. The quantitative estimate of drug-likeness (QED) is 0.295. The number of ether oxygens (including phenoxy) is 1. The van der Waals surface area contributed by atoms with Crippen molar-refractivity contribution >= 4 is 23.7 Å². The second kappa shape index (κ2) is 11.2. The van der Waals surface area contributed by atoms with Crippen LogP contribution in [0.25, 0.3) is 0 Å². The Morgan fingerprint density at radius 3 is 2.33 bits per heavy atom. The van der Waals surface area contributed by atoms with Crippen LogP contribution in [0.4, 0.5) is 5.69 Å². The molecule has 9 nitrogen and oxygen atoms in total. The summed E-state index contributed by atoms with van der Waals surface area (Å²) >= 11 is 0. The number of nitrogens with zero attached hydrogens (tertiary/aromatic N) is 2. The maximum absolute atomic E-state index is 12.1. The van der Waals surface area contributed by atoms with Crippen LogP contribution in [0.15, 0.2) is 84.0 Å². The van der Waals surface area contributed by atoms with Gasteiger partial charge in [-0.1, -0.05) is 30.3 Å². The normalized spacial score (nSPS) is 11.5. The van der Waals surface area contributed by atoms with E-state index in [2.05, 4.69) is 15.8 Å². The molecule has 0 saturated heterocycles. The number of hydrogen-bond acceptors (Lipinski definition) is 6. The number of nitrogens with one attached hydrogen (secondary N) is 2. The lowest BCUT2D eigenvalue weighted by Crippen LogP contribution is -2.31. The summed E-state index contributed by atoms with van der Waals surface area (Å²) < 4.78 is 5.51. The van der Waals surface area contributed by atoms with Crippen LogP contribution >= 0.6 is 0 Å². The first kappa shape index (κ1) is 23.1. The zero-order valence-corrected chi connectivity index (χ0v) is 17.8. The third kappa shape index (κ3) is 7.00. The fourth-order valence-electron chi connectivity index (χ4n) is 2.87.